The average molecular weight is 379 g/mol. The summed E-state index contributed by atoms with van der Waals surface area (Å²) in [6.07, 6.45) is 0. The maximum atomic E-state index is 12.8. The van der Waals surface area contributed by atoms with Gasteiger partial charge in [0.05, 0.1) is 25.9 Å². The number of rotatable bonds is 6. The zero-order valence-electron chi connectivity index (χ0n) is 13.9. The van der Waals surface area contributed by atoms with Gasteiger partial charge in [-0.15, -0.1) is 0 Å². The van der Waals surface area contributed by atoms with E-state index in [1.165, 1.54) is 13.2 Å². The molecule has 132 valence electrons. The minimum Gasteiger partial charge on any atom is -0.497 e. The van der Waals surface area contributed by atoms with Crippen LogP contribution in [-0.4, -0.2) is 31.4 Å². The normalized spacial score (nSPS) is 12.9. The number of hydrogen-bond acceptors (Lipinski definition) is 7. The highest BCUT2D eigenvalue weighted by molar-refractivity contribution is 7.89. The van der Waals surface area contributed by atoms with Crippen LogP contribution in [0, 0.1) is 0 Å². The second kappa shape index (κ2) is 6.95. The fraction of sp³-hybridized carbons (Fsp3) is 0.250. The van der Waals surface area contributed by atoms with Gasteiger partial charge >= 0.3 is 0 Å². The molecule has 1 atom stereocenters. The summed E-state index contributed by atoms with van der Waals surface area (Å²) in [5.74, 6) is 1.19. The molecule has 0 fully saturated rings. The molecule has 3 aromatic rings. The Morgan fingerprint density at radius 3 is 2.64 bits per heavy atom. The van der Waals surface area contributed by atoms with Crippen molar-refractivity contribution in [2.45, 2.75) is 17.9 Å². The molecule has 1 aromatic heterocycles. The number of aromatic nitrogens is 2. The van der Waals surface area contributed by atoms with Crippen molar-refractivity contribution in [2.75, 3.05) is 14.2 Å². The second-order valence-electron chi connectivity index (χ2n) is 5.34. The van der Waals surface area contributed by atoms with Crippen LogP contribution in [0.25, 0.3) is 11.0 Å². The Balaban J connectivity index is 1.97. The fourth-order valence-corrected chi connectivity index (χ4v) is 4.53. The van der Waals surface area contributed by atoms with Gasteiger partial charge in [0.1, 0.15) is 27.4 Å². The fourth-order valence-electron chi connectivity index (χ4n) is 2.54. The average Bonchev–Trinajstić information content (AvgIpc) is 3.09. The molecule has 7 nitrogen and oxygen atoms in total. The van der Waals surface area contributed by atoms with Crippen molar-refractivity contribution in [3.63, 3.8) is 0 Å². The van der Waals surface area contributed by atoms with Gasteiger partial charge in [-0.2, -0.15) is 8.75 Å². The van der Waals surface area contributed by atoms with E-state index in [0.717, 1.165) is 11.7 Å². The van der Waals surface area contributed by atoms with Crippen molar-refractivity contribution in [2.24, 2.45) is 0 Å². The number of sulfonamides is 1. The number of hydrogen-bond donors (Lipinski definition) is 1. The highest BCUT2D eigenvalue weighted by Gasteiger charge is 2.24. The monoisotopic (exact) mass is 379 g/mol. The first kappa shape index (κ1) is 17.6. The van der Waals surface area contributed by atoms with Crippen LogP contribution in [0.4, 0.5) is 0 Å². The predicted octanol–water partition coefficient (Wildman–Crippen LogP) is 2.75. The lowest BCUT2D eigenvalue weighted by Crippen LogP contribution is -2.27. The summed E-state index contributed by atoms with van der Waals surface area (Å²) in [5.41, 5.74) is 1.60. The van der Waals surface area contributed by atoms with E-state index in [-0.39, 0.29) is 4.90 Å². The molecule has 0 bridgehead atoms. The van der Waals surface area contributed by atoms with Crippen molar-refractivity contribution in [3.05, 3.63) is 42.0 Å². The molecule has 1 unspecified atom stereocenters. The Labute approximate surface area is 150 Å². The quantitative estimate of drug-likeness (QED) is 0.708. The summed E-state index contributed by atoms with van der Waals surface area (Å²) >= 11 is 0.981. The number of methoxy groups -OCH3 is 2. The van der Waals surface area contributed by atoms with Crippen molar-refractivity contribution < 1.29 is 17.9 Å². The molecular formula is C16H17N3O4S2. The molecule has 0 aliphatic carbocycles. The van der Waals surface area contributed by atoms with E-state index in [4.69, 9.17) is 9.47 Å². The first-order chi connectivity index (χ1) is 12.0. The van der Waals surface area contributed by atoms with Crippen LogP contribution in [0.2, 0.25) is 0 Å². The first-order valence-electron chi connectivity index (χ1n) is 7.42. The zero-order valence-corrected chi connectivity index (χ0v) is 15.5. The Kier molecular flexibility index (Phi) is 4.89. The molecule has 0 spiro atoms. The van der Waals surface area contributed by atoms with Gasteiger partial charge in [-0.3, -0.25) is 0 Å². The van der Waals surface area contributed by atoms with Gasteiger partial charge in [0.2, 0.25) is 10.0 Å². The summed E-state index contributed by atoms with van der Waals surface area (Å²) in [4.78, 5) is 0.104. The summed E-state index contributed by atoms with van der Waals surface area (Å²) in [5, 5.41) is 0. The van der Waals surface area contributed by atoms with Gasteiger partial charge in [-0.1, -0.05) is 6.07 Å². The SMILES string of the molecule is COc1ccc(OC)c(C(C)NS(=O)(=O)c2cccc3nsnc23)c1. The predicted molar refractivity (Wildman–Crippen MR) is 95.7 cm³/mol. The van der Waals surface area contributed by atoms with E-state index < -0.39 is 16.1 Å². The lowest BCUT2D eigenvalue weighted by atomic mass is 10.1. The lowest BCUT2D eigenvalue weighted by Gasteiger charge is -2.18. The molecule has 0 aliphatic heterocycles. The molecule has 9 heteroatoms. The van der Waals surface area contributed by atoms with Crippen molar-refractivity contribution in [1.82, 2.24) is 13.5 Å². The Hall–Kier alpha value is -2.23. The molecule has 0 radical (unpaired) electrons. The third kappa shape index (κ3) is 3.44. The summed E-state index contributed by atoms with van der Waals surface area (Å²) in [6.45, 7) is 1.74. The number of nitrogens with one attached hydrogen (secondary N) is 1. The minimum atomic E-state index is -3.79. The number of nitrogens with zero attached hydrogens (tertiary/aromatic N) is 2. The molecule has 0 amide bonds. The molecule has 1 heterocycles. The van der Waals surface area contributed by atoms with Crippen LogP contribution in [0.3, 0.4) is 0 Å². The highest BCUT2D eigenvalue weighted by atomic mass is 32.2. The van der Waals surface area contributed by atoms with E-state index in [2.05, 4.69) is 13.5 Å². The van der Waals surface area contributed by atoms with Gasteiger partial charge in [-0.05, 0) is 37.3 Å². The molecule has 3 rings (SSSR count). The van der Waals surface area contributed by atoms with Crippen LogP contribution < -0.4 is 14.2 Å². The van der Waals surface area contributed by atoms with E-state index in [1.807, 2.05) is 0 Å². The maximum Gasteiger partial charge on any atom is 0.243 e. The minimum absolute atomic E-state index is 0.104. The molecule has 0 saturated heterocycles. The largest absolute Gasteiger partial charge is 0.497 e. The van der Waals surface area contributed by atoms with Crippen molar-refractivity contribution in [3.8, 4) is 11.5 Å². The molecule has 1 N–H and O–H groups in total. The lowest BCUT2D eigenvalue weighted by molar-refractivity contribution is 0.395. The van der Waals surface area contributed by atoms with Crippen LogP contribution in [-0.2, 0) is 10.0 Å². The third-order valence-electron chi connectivity index (χ3n) is 3.77. The van der Waals surface area contributed by atoms with Crippen molar-refractivity contribution >= 4 is 32.8 Å². The van der Waals surface area contributed by atoms with E-state index in [1.54, 1.807) is 44.4 Å². The summed E-state index contributed by atoms with van der Waals surface area (Å²) < 4.78 is 47.1. The van der Waals surface area contributed by atoms with E-state index in [0.29, 0.717) is 28.1 Å². The molecule has 0 aliphatic rings. The Morgan fingerprint density at radius 1 is 1.12 bits per heavy atom. The highest BCUT2D eigenvalue weighted by Crippen LogP contribution is 2.31. The third-order valence-corrected chi connectivity index (χ3v) is 5.89. The summed E-state index contributed by atoms with van der Waals surface area (Å²) in [7, 11) is -0.703. The Morgan fingerprint density at radius 2 is 1.92 bits per heavy atom. The second-order valence-corrected chi connectivity index (χ2v) is 7.55. The smallest absolute Gasteiger partial charge is 0.243 e. The number of fused-ring (bicyclic) bond motifs is 1. The number of ether oxygens (including phenoxy) is 2. The summed E-state index contributed by atoms with van der Waals surface area (Å²) in [6, 6.07) is 9.60. The van der Waals surface area contributed by atoms with Gasteiger partial charge in [0.25, 0.3) is 0 Å². The van der Waals surface area contributed by atoms with Crippen molar-refractivity contribution in [1.29, 1.82) is 0 Å². The van der Waals surface area contributed by atoms with Crippen LogP contribution in [0.15, 0.2) is 41.3 Å². The van der Waals surface area contributed by atoms with Crippen LogP contribution >= 0.6 is 11.7 Å². The number of benzene rings is 2. The molecule has 25 heavy (non-hydrogen) atoms. The first-order valence-corrected chi connectivity index (χ1v) is 9.63. The van der Waals surface area contributed by atoms with Gasteiger partial charge in [0.15, 0.2) is 0 Å². The van der Waals surface area contributed by atoms with Gasteiger partial charge in [0, 0.05) is 11.6 Å². The van der Waals surface area contributed by atoms with E-state index in [9.17, 15) is 8.42 Å². The molecule has 2 aromatic carbocycles. The maximum absolute atomic E-state index is 12.8. The van der Waals surface area contributed by atoms with Gasteiger partial charge in [-0.25, -0.2) is 13.1 Å². The van der Waals surface area contributed by atoms with E-state index >= 15 is 0 Å². The zero-order chi connectivity index (χ0) is 18.0. The topological polar surface area (TPSA) is 90.4 Å². The van der Waals surface area contributed by atoms with Crippen LogP contribution in [0.5, 0.6) is 11.5 Å². The molecular weight excluding hydrogens is 362 g/mol. The standard InChI is InChI=1S/C16H17N3O4S2/c1-10(12-9-11(22-2)7-8-14(12)23-3)19-25(20,21)15-6-4-5-13-16(15)18-24-17-13/h4-10,19H,1-3H3. The van der Waals surface area contributed by atoms with Crippen LogP contribution in [0.1, 0.15) is 18.5 Å². The Bertz CT molecular complexity index is 1000. The molecule has 0 saturated carbocycles. The van der Waals surface area contributed by atoms with Gasteiger partial charge < -0.3 is 9.47 Å².